The topological polar surface area (TPSA) is 64.6 Å². The Balaban J connectivity index is 2.06. The summed E-state index contributed by atoms with van der Waals surface area (Å²) in [5.74, 6) is 0.228. The van der Waals surface area contributed by atoms with Crippen molar-refractivity contribution < 1.29 is 26.7 Å². The highest BCUT2D eigenvalue weighted by Gasteiger charge is 2.12. The summed E-state index contributed by atoms with van der Waals surface area (Å²) in [6.07, 6.45) is 0. The molecule has 2 aromatic carbocycles. The number of methoxy groups -OCH3 is 1. The van der Waals surface area contributed by atoms with Gasteiger partial charge in [-0.15, -0.1) is 0 Å². The van der Waals surface area contributed by atoms with Crippen LogP contribution in [0.4, 0.5) is 14.5 Å². The molecule has 0 radical (unpaired) electrons. The van der Waals surface area contributed by atoms with Crippen LogP contribution >= 0.6 is 0 Å². The average Bonchev–Trinajstić information content (AvgIpc) is 2.60. The van der Waals surface area contributed by atoms with Crippen LogP contribution in [0.3, 0.4) is 0 Å². The van der Waals surface area contributed by atoms with Gasteiger partial charge in [0.25, 0.3) is 0 Å². The van der Waals surface area contributed by atoms with Gasteiger partial charge in [-0.25, -0.2) is 8.42 Å². The maximum Gasteiger partial charge on any atom is 0.387 e. The minimum atomic E-state index is -3.23. The van der Waals surface area contributed by atoms with Gasteiger partial charge in [0.15, 0.2) is 21.3 Å². The van der Waals surface area contributed by atoms with Crippen LogP contribution in [0.1, 0.15) is 12.5 Å². The summed E-state index contributed by atoms with van der Waals surface area (Å²) in [4.78, 5) is 0.274. The molecule has 0 aliphatic heterocycles. The maximum atomic E-state index is 12.3. The number of halogens is 2. The Hall–Kier alpha value is -2.35. The van der Waals surface area contributed by atoms with Gasteiger partial charge in [-0.2, -0.15) is 8.78 Å². The van der Waals surface area contributed by atoms with Crippen molar-refractivity contribution >= 4 is 15.5 Å². The summed E-state index contributed by atoms with van der Waals surface area (Å²) in [6, 6.07) is 11.1. The van der Waals surface area contributed by atoms with Gasteiger partial charge in [0.1, 0.15) is 0 Å². The number of nitrogens with one attached hydrogen (secondary N) is 1. The first-order valence-electron chi connectivity index (χ1n) is 7.54. The minimum Gasteiger partial charge on any atom is -0.493 e. The fourth-order valence-electron chi connectivity index (χ4n) is 2.17. The molecule has 8 heteroatoms. The van der Waals surface area contributed by atoms with E-state index in [9.17, 15) is 17.2 Å². The highest BCUT2D eigenvalue weighted by molar-refractivity contribution is 7.91. The molecule has 0 saturated carbocycles. The highest BCUT2D eigenvalue weighted by Crippen LogP contribution is 2.29. The molecular formula is C17H19F2NO4S. The Morgan fingerprint density at radius 2 is 1.76 bits per heavy atom. The van der Waals surface area contributed by atoms with Crippen LogP contribution in [0.5, 0.6) is 11.5 Å². The molecule has 0 heterocycles. The van der Waals surface area contributed by atoms with Gasteiger partial charge in [0.2, 0.25) is 0 Å². The molecule has 0 aliphatic carbocycles. The summed E-state index contributed by atoms with van der Waals surface area (Å²) >= 11 is 0. The van der Waals surface area contributed by atoms with Crippen molar-refractivity contribution in [2.45, 2.75) is 25.0 Å². The molecule has 0 aliphatic rings. The predicted molar refractivity (Wildman–Crippen MR) is 91.1 cm³/mol. The summed E-state index contributed by atoms with van der Waals surface area (Å²) in [5, 5.41) is 3.13. The predicted octanol–water partition coefficient (Wildman–Crippen LogP) is 3.70. The third-order valence-corrected chi connectivity index (χ3v) is 5.28. The van der Waals surface area contributed by atoms with Gasteiger partial charge < -0.3 is 14.8 Å². The van der Waals surface area contributed by atoms with Crippen LogP contribution in [0.15, 0.2) is 47.4 Å². The Labute approximate surface area is 145 Å². The number of anilines is 1. The monoisotopic (exact) mass is 371 g/mol. The molecule has 0 bridgehead atoms. The van der Waals surface area contributed by atoms with Gasteiger partial charge in [0, 0.05) is 12.2 Å². The standard InChI is InChI=1S/C17H19F2NO4S/c1-3-25(21,22)14-7-5-13(6-8-14)20-11-12-4-9-15(24-17(18)19)16(10-12)23-2/h4-10,17,20H,3,11H2,1-2H3. The maximum absolute atomic E-state index is 12.3. The normalized spacial score (nSPS) is 11.4. The van der Waals surface area contributed by atoms with Crippen molar-refractivity contribution in [3.63, 3.8) is 0 Å². The van der Waals surface area contributed by atoms with Crippen molar-refractivity contribution in [1.29, 1.82) is 0 Å². The molecule has 25 heavy (non-hydrogen) atoms. The number of hydrogen-bond donors (Lipinski definition) is 1. The number of hydrogen-bond acceptors (Lipinski definition) is 5. The van der Waals surface area contributed by atoms with Gasteiger partial charge in [-0.3, -0.25) is 0 Å². The van der Waals surface area contributed by atoms with E-state index in [4.69, 9.17) is 4.74 Å². The molecule has 0 fully saturated rings. The van der Waals surface area contributed by atoms with Crippen LogP contribution in [-0.4, -0.2) is 27.9 Å². The third-order valence-electron chi connectivity index (χ3n) is 3.53. The Kier molecular flexibility index (Phi) is 6.19. The smallest absolute Gasteiger partial charge is 0.387 e. The van der Waals surface area contributed by atoms with Crippen LogP contribution in [-0.2, 0) is 16.4 Å². The van der Waals surface area contributed by atoms with E-state index in [1.807, 2.05) is 0 Å². The Bertz CT molecular complexity index is 808. The molecule has 5 nitrogen and oxygen atoms in total. The van der Waals surface area contributed by atoms with Gasteiger partial charge in [-0.05, 0) is 42.0 Å². The first-order valence-corrected chi connectivity index (χ1v) is 9.19. The third kappa shape index (κ3) is 5.06. The molecule has 2 aromatic rings. The van der Waals surface area contributed by atoms with Crippen LogP contribution < -0.4 is 14.8 Å². The molecule has 0 amide bonds. The van der Waals surface area contributed by atoms with Crippen molar-refractivity contribution in [3.05, 3.63) is 48.0 Å². The van der Waals surface area contributed by atoms with E-state index in [0.29, 0.717) is 6.54 Å². The van der Waals surface area contributed by atoms with Crippen molar-refractivity contribution in [1.82, 2.24) is 0 Å². The second-order valence-corrected chi connectivity index (χ2v) is 7.42. The Morgan fingerprint density at radius 1 is 1.08 bits per heavy atom. The lowest BCUT2D eigenvalue weighted by molar-refractivity contribution is -0.0512. The van der Waals surface area contributed by atoms with Crippen molar-refractivity contribution in [2.75, 3.05) is 18.2 Å². The quantitative estimate of drug-likeness (QED) is 0.766. The molecule has 0 atom stereocenters. The minimum absolute atomic E-state index is 0.0321. The Morgan fingerprint density at radius 3 is 2.32 bits per heavy atom. The van der Waals surface area contributed by atoms with E-state index < -0.39 is 16.4 Å². The largest absolute Gasteiger partial charge is 0.493 e. The number of sulfone groups is 1. The first-order chi connectivity index (χ1) is 11.9. The molecule has 2 rings (SSSR count). The summed E-state index contributed by atoms with van der Waals surface area (Å²) < 4.78 is 57.6. The fourth-order valence-corrected chi connectivity index (χ4v) is 3.05. The first kappa shape index (κ1) is 19.0. The lowest BCUT2D eigenvalue weighted by atomic mass is 10.2. The summed E-state index contributed by atoms with van der Waals surface area (Å²) in [6.45, 7) is -0.919. The summed E-state index contributed by atoms with van der Waals surface area (Å²) in [5.41, 5.74) is 1.53. The number of rotatable bonds is 8. The van der Waals surface area contributed by atoms with Crippen molar-refractivity contribution in [2.24, 2.45) is 0 Å². The van der Waals surface area contributed by atoms with Gasteiger partial charge in [0.05, 0.1) is 17.8 Å². The SMILES string of the molecule is CCS(=O)(=O)c1ccc(NCc2ccc(OC(F)F)c(OC)c2)cc1. The molecule has 0 unspecified atom stereocenters. The molecule has 136 valence electrons. The van der Waals surface area contributed by atoms with E-state index >= 15 is 0 Å². The summed E-state index contributed by atoms with van der Waals surface area (Å²) in [7, 11) is -1.85. The van der Waals surface area contributed by atoms with E-state index in [-0.39, 0.29) is 22.1 Å². The van der Waals surface area contributed by atoms with E-state index in [1.54, 1.807) is 43.3 Å². The van der Waals surface area contributed by atoms with Crippen molar-refractivity contribution in [3.8, 4) is 11.5 Å². The zero-order chi connectivity index (χ0) is 18.4. The molecule has 0 aromatic heterocycles. The van der Waals surface area contributed by atoms with Crippen LogP contribution in [0, 0.1) is 0 Å². The van der Waals surface area contributed by atoms with Gasteiger partial charge >= 0.3 is 6.61 Å². The van der Waals surface area contributed by atoms with Crippen LogP contribution in [0.2, 0.25) is 0 Å². The van der Waals surface area contributed by atoms with Crippen LogP contribution in [0.25, 0.3) is 0 Å². The zero-order valence-electron chi connectivity index (χ0n) is 13.8. The zero-order valence-corrected chi connectivity index (χ0v) is 14.6. The van der Waals surface area contributed by atoms with E-state index in [1.165, 1.54) is 13.2 Å². The average molecular weight is 371 g/mol. The van der Waals surface area contributed by atoms with E-state index in [2.05, 4.69) is 10.1 Å². The lowest BCUT2D eigenvalue weighted by Gasteiger charge is -2.12. The van der Waals surface area contributed by atoms with E-state index in [0.717, 1.165) is 11.3 Å². The highest BCUT2D eigenvalue weighted by atomic mass is 32.2. The lowest BCUT2D eigenvalue weighted by Crippen LogP contribution is -2.05. The number of alkyl halides is 2. The number of ether oxygens (including phenoxy) is 2. The molecule has 0 spiro atoms. The fraction of sp³-hybridized carbons (Fsp3) is 0.294. The molecule has 1 N–H and O–H groups in total. The second-order valence-electron chi connectivity index (χ2n) is 5.15. The molecule has 0 saturated heterocycles. The molecular weight excluding hydrogens is 352 g/mol. The second kappa shape index (κ2) is 8.15. The number of benzene rings is 2. The van der Waals surface area contributed by atoms with Gasteiger partial charge in [-0.1, -0.05) is 13.0 Å².